The number of phenols is 2. The fourth-order valence-corrected chi connectivity index (χ4v) is 5.45. The number of phenolic OH excluding ortho intramolecular Hbond substituents is 2. The Kier molecular flexibility index (Phi) is 9.44. The maximum atomic E-state index is 13.8. The molecule has 0 amide bonds. The highest BCUT2D eigenvalue weighted by Crippen LogP contribution is 2.44. The first kappa shape index (κ1) is 27.3. The van der Waals surface area contributed by atoms with E-state index in [-0.39, 0.29) is 45.8 Å². The van der Waals surface area contributed by atoms with Gasteiger partial charge < -0.3 is 20.8 Å². The van der Waals surface area contributed by atoms with Gasteiger partial charge in [0.05, 0.1) is 27.9 Å². The minimum atomic E-state index is -0.454. The van der Waals surface area contributed by atoms with E-state index in [0.717, 1.165) is 54.9 Å². The number of nitrogens with one attached hydrogen (secondary N) is 2. The number of anilines is 2. The molecule has 0 radical (unpaired) electrons. The quantitative estimate of drug-likeness (QED) is 0.101. The fraction of sp³-hybridized carbons (Fsp3) is 0.500. The average Bonchev–Trinajstić information content (AvgIpc) is 2.80. The van der Waals surface area contributed by atoms with Crippen LogP contribution < -0.4 is 10.6 Å². The third-order valence-electron chi connectivity index (χ3n) is 6.62. The summed E-state index contributed by atoms with van der Waals surface area (Å²) >= 11 is 2.21. The number of fused-ring (bicyclic) bond motifs is 2. The predicted octanol–water partition coefficient (Wildman–Crippen LogP) is 7.24. The molecule has 190 valence electrons. The summed E-state index contributed by atoms with van der Waals surface area (Å²) in [6.07, 6.45) is 8.56. The van der Waals surface area contributed by atoms with Gasteiger partial charge in [0, 0.05) is 21.3 Å². The van der Waals surface area contributed by atoms with Gasteiger partial charge in [0.15, 0.2) is 0 Å². The maximum Gasteiger partial charge on any atom is 0.200 e. The predicted molar refractivity (Wildman–Crippen MR) is 150 cm³/mol. The molecule has 4 N–H and O–H groups in total. The molecule has 2 aromatic carbocycles. The van der Waals surface area contributed by atoms with E-state index < -0.39 is 11.6 Å². The standard InChI is InChI=1S/C28H37IN2O4/c1-5-7-9-11-16(3)30-19-15-18(29)26(31-17(4)12-10-8-6-2)25-22(19)27(34)23-20(32)13-14-21(33)24(23)28(25)35/h13-17,30-33H,5-12H2,1-4H3. The summed E-state index contributed by atoms with van der Waals surface area (Å²) in [5, 5.41) is 27.9. The Balaban J connectivity index is 2.11. The van der Waals surface area contributed by atoms with Crippen molar-refractivity contribution in [3.05, 3.63) is 44.0 Å². The van der Waals surface area contributed by atoms with Crippen LogP contribution in [0.25, 0.3) is 0 Å². The first-order valence-electron chi connectivity index (χ1n) is 12.7. The van der Waals surface area contributed by atoms with Crippen LogP contribution in [-0.4, -0.2) is 33.9 Å². The van der Waals surface area contributed by atoms with Gasteiger partial charge in [-0.2, -0.15) is 0 Å². The topological polar surface area (TPSA) is 98.7 Å². The van der Waals surface area contributed by atoms with E-state index in [1.165, 1.54) is 12.1 Å². The number of rotatable bonds is 12. The zero-order valence-electron chi connectivity index (χ0n) is 21.1. The van der Waals surface area contributed by atoms with E-state index in [1.807, 2.05) is 6.07 Å². The van der Waals surface area contributed by atoms with Crippen molar-refractivity contribution >= 4 is 45.5 Å². The second-order valence-electron chi connectivity index (χ2n) is 9.63. The Morgan fingerprint density at radius 1 is 0.771 bits per heavy atom. The van der Waals surface area contributed by atoms with Crippen LogP contribution in [0.3, 0.4) is 0 Å². The molecule has 35 heavy (non-hydrogen) atoms. The molecule has 3 rings (SSSR count). The molecule has 2 unspecified atom stereocenters. The Morgan fingerprint density at radius 2 is 1.26 bits per heavy atom. The lowest BCUT2D eigenvalue weighted by Crippen LogP contribution is -2.28. The van der Waals surface area contributed by atoms with Crippen molar-refractivity contribution < 1.29 is 19.8 Å². The molecule has 0 aromatic heterocycles. The summed E-state index contributed by atoms with van der Waals surface area (Å²) in [6, 6.07) is 4.64. The van der Waals surface area contributed by atoms with Crippen LogP contribution in [-0.2, 0) is 0 Å². The number of hydrogen-bond donors (Lipinski definition) is 4. The van der Waals surface area contributed by atoms with Crippen LogP contribution in [0.15, 0.2) is 18.2 Å². The molecule has 6 nitrogen and oxygen atoms in total. The van der Waals surface area contributed by atoms with Gasteiger partial charge in [-0.25, -0.2) is 0 Å². The molecular formula is C28H37IN2O4. The third kappa shape index (κ3) is 5.93. The van der Waals surface area contributed by atoms with Gasteiger partial charge in [-0.3, -0.25) is 9.59 Å². The van der Waals surface area contributed by atoms with E-state index in [2.05, 4.69) is 60.9 Å². The molecule has 2 atom stereocenters. The monoisotopic (exact) mass is 592 g/mol. The number of unbranched alkanes of at least 4 members (excludes halogenated alkanes) is 4. The van der Waals surface area contributed by atoms with E-state index in [0.29, 0.717) is 11.4 Å². The zero-order chi connectivity index (χ0) is 25.7. The summed E-state index contributed by atoms with van der Waals surface area (Å²) in [4.78, 5) is 27.6. The Hall–Kier alpha value is -2.29. The number of carbonyl (C=O) groups excluding carboxylic acids is 2. The number of halogens is 1. The molecular weight excluding hydrogens is 555 g/mol. The van der Waals surface area contributed by atoms with Gasteiger partial charge in [0.2, 0.25) is 11.6 Å². The number of hydrogen-bond acceptors (Lipinski definition) is 6. The van der Waals surface area contributed by atoms with Gasteiger partial charge in [-0.15, -0.1) is 0 Å². The van der Waals surface area contributed by atoms with E-state index in [1.54, 1.807) is 0 Å². The van der Waals surface area contributed by atoms with Crippen LogP contribution in [0.2, 0.25) is 0 Å². The molecule has 0 fully saturated rings. The molecule has 7 heteroatoms. The van der Waals surface area contributed by atoms with Gasteiger partial charge in [0.25, 0.3) is 0 Å². The van der Waals surface area contributed by atoms with Crippen molar-refractivity contribution in [2.45, 2.75) is 91.1 Å². The second kappa shape index (κ2) is 12.1. The average molecular weight is 593 g/mol. The molecule has 0 saturated heterocycles. The lowest BCUT2D eigenvalue weighted by molar-refractivity contribution is 0.0975. The van der Waals surface area contributed by atoms with E-state index in [4.69, 9.17) is 0 Å². The summed E-state index contributed by atoms with van der Waals surface area (Å²) < 4.78 is 0.830. The summed E-state index contributed by atoms with van der Waals surface area (Å²) in [6.45, 7) is 8.47. The van der Waals surface area contributed by atoms with Crippen molar-refractivity contribution in [2.75, 3.05) is 10.6 Å². The summed E-state index contributed by atoms with van der Waals surface area (Å²) in [5.41, 5.74) is 1.46. The van der Waals surface area contributed by atoms with Gasteiger partial charge in [-0.1, -0.05) is 52.4 Å². The molecule has 0 spiro atoms. The van der Waals surface area contributed by atoms with Crippen LogP contribution >= 0.6 is 22.6 Å². The largest absolute Gasteiger partial charge is 0.507 e. The Bertz CT molecular complexity index is 1100. The van der Waals surface area contributed by atoms with Crippen molar-refractivity contribution in [1.82, 2.24) is 0 Å². The second-order valence-corrected chi connectivity index (χ2v) is 10.8. The Morgan fingerprint density at radius 3 is 1.77 bits per heavy atom. The number of carbonyl (C=O) groups is 2. The van der Waals surface area contributed by atoms with Crippen LogP contribution in [0.4, 0.5) is 11.4 Å². The normalized spacial score (nSPS) is 14.3. The van der Waals surface area contributed by atoms with Gasteiger partial charge in [-0.05, 0) is 67.5 Å². The van der Waals surface area contributed by atoms with Crippen molar-refractivity contribution in [3.63, 3.8) is 0 Å². The first-order valence-corrected chi connectivity index (χ1v) is 13.8. The highest BCUT2D eigenvalue weighted by Gasteiger charge is 2.39. The van der Waals surface area contributed by atoms with E-state index in [9.17, 15) is 19.8 Å². The van der Waals surface area contributed by atoms with Crippen molar-refractivity contribution in [1.29, 1.82) is 0 Å². The number of benzene rings is 2. The first-order chi connectivity index (χ1) is 16.7. The van der Waals surface area contributed by atoms with Crippen LogP contribution in [0.5, 0.6) is 11.5 Å². The van der Waals surface area contributed by atoms with E-state index >= 15 is 0 Å². The smallest absolute Gasteiger partial charge is 0.200 e. The lowest BCUT2D eigenvalue weighted by atomic mass is 9.81. The van der Waals surface area contributed by atoms with Crippen LogP contribution in [0.1, 0.15) is 111 Å². The summed E-state index contributed by atoms with van der Waals surface area (Å²) in [5.74, 6) is -1.51. The van der Waals surface area contributed by atoms with Crippen LogP contribution in [0, 0.1) is 3.57 Å². The van der Waals surface area contributed by atoms with Gasteiger partial charge >= 0.3 is 0 Å². The Labute approximate surface area is 222 Å². The molecule has 0 bridgehead atoms. The molecule has 1 aliphatic rings. The lowest BCUT2D eigenvalue weighted by Gasteiger charge is -2.28. The maximum absolute atomic E-state index is 13.8. The van der Waals surface area contributed by atoms with Crippen molar-refractivity contribution in [3.8, 4) is 11.5 Å². The SMILES string of the molecule is CCCCCC(C)Nc1cc(I)c(NC(C)CCCCC)c2c1C(=O)c1c(O)ccc(O)c1C2=O. The molecule has 0 saturated carbocycles. The van der Waals surface area contributed by atoms with Crippen molar-refractivity contribution in [2.24, 2.45) is 0 Å². The minimum absolute atomic E-state index is 0.105. The fourth-order valence-electron chi connectivity index (χ4n) is 4.72. The highest BCUT2D eigenvalue weighted by atomic mass is 127. The summed E-state index contributed by atoms with van der Waals surface area (Å²) in [7, 11) is 0. The molecule has 1 aliphatic carbocycles. The molecule has 0 aliphatic heterocycles. The zero-order valence-corrected chi connectivity index (χ0v) is 23.3. The molecule has 2 aromatic rings. The van der Waals surface area contributed by atoms with Gasteiger partial charge in [0.1, 0.15) is 11.5 Å². The highest BCUT2D eigenvalue weighted by molar-refractivity contribution is 14.1. The number of aromatic hydroxyl groups is 2. The molecule has 0 heterocycles. The number of ketones is 2. The minimum Gasteiger partial charge on any atom is -0.507 e. The third-order valence-corrected chi connectivity index (χ3v) is 7.47.